The number of nitrogens with two attached hydrogens (primary N) is 1. The van der Waals surface area contributed by atoms with Crippen LogP contribution in [0.3, 0.4) is 0 Å². The molecule has 226 valence electrons. The lowest BCUT2D eigenvalue weighted by Gasteiger charge is -2.19. The molecule has 0 amide bonds. The van der Waals surface area contributed by atoms with Crippen molar-refractivity contribution in [1.29, 1.82) is 5.41 Å². The molecule has 6 N–H and O–H groups in total. The number of halogens is 2. The Balaban J connectivity index is 1.31. The van der Waals surface area contributed by atoms with Gasteiger partial charge in [-0.3, -0.25) is 9.98 Å². The molecule has 0 radical (unpaired) electrons. The molecule has 0 saturated heterocycles. The van der Waals surface area contributed by atoms with Gasteiger partial charge in [-0.2, -0.15) is 4.98 Å². The molecule has 2 heterocycles. The molecule has 4 aromatic rings. The molecule has 1 aliphatic rings. The van der Waals surface area contributed by atoms with E-state index in [-0.39, 0.29) is 11.1 Å². The Bertz CT molecular complexity index is 1660. The number of benzene rings is 2. The van der Waals surface area contributed by atoms with E-state index in [0.717, 1.165) is 43.5 Å². The average Bonchev–Trinajstić information content (AvgIpc) is 3.75. The zero-order valence-electron chi connectivity index (χ0n) is 24.4. The van der Waals surface area contributed by atoms with E-state index in [2.05, 4.69) is 27.2 Å². The number of rotatable bonds is 14. The molecular weight excluding hydrogens is 565 g/mol. The van der Waals surface area contributed by atoms with Crippen molar-refractivity contribution in [2.45, 2.75) is 64.1 Å². The maximum Gasteiger partial charge on any atom is 0.354 e. The number of nitrogens with zero attached hydrogens (tertiary/aromatic N) is 2. The Kier molecular flexibility index (Phi) is 9.75. The molecule has 10 heteroatoms. The smallest absolute Gasteiger partial charge is 0.354 e. The highest BCUT2D eigenvalue weighted by Gasteiger charge is 2.30. The molecule has 2 atom stereocenters. The van der Waals surface area contributed by atoms with E-state index in [9.17, 15) is 4.79 Å². The van der Waals surface area contributed by atoms with Crippen molar-refractivity contribution in [3.63, 3.8) is 0 Å². The number of amidine groups is 1. The summed E-state index contributed by atoms with van der Waals surface area (Å²) in [5, 5.41) is 15.1. The fourth-order valence-electron chi connectivity index (χ4n) is 5.41. The molecule has 8 nitrogen and oxygen atoms in total. The summed E-state index contributed by atoms with van der Waals surface area (Å²) >= 11 is 6.26. The summed E-state index contributed by atoms with van der Waals surface area (Å²) in [6.07, 6.45) is 9.20. The zero-order valence-corrected chi connectivity index (χ0v) is 25.2. The van der Waals surface area contributed by atoms with E-state index in [1.54, 1.807) is 37.4 Å². The van der Waals surface area contributed by atoms with Crippen LogP contribution >= 0.6 is 11.6 Å². The predicted octanol–water partition coefficient (Wildman–Crippen LogP) is 5.85. The fraction of sp³-hybridized carbons (Fsp3) is 0.364. The molecule has 2 aromatic carbocycles. The third-order valence-electron chi connectivity index (χ3n) is 8.01. The van der Waals surface area contributed by atoms with E-state index in [4.69, 9.17) is 22.7 Å². The zero-order chi connectivity index (χ0) is 30.5. The average molecular weight is 604 g/mol. The summed E-state index contributed by atoms with van der Waals surface area (Å²) < 4.78 is 16.6. The standard InChI is InChI=1S/C33H39ClFN7O/c1-3-25(37)6-4-5-22-15-27(31(35)28(34)16-22)30-17-24-19-42(33(43)41-32(24)40-30)26-11-7-21(8-12-26)18-39-29(23-9-10-23)13-14-38-20(2)36/h3,7-8,11-12,15-17,19,23,25,29,39H,1,4-6,9-10,13-14,18,37H2,2H3,(H2,36,38)(H,40,41,43)/t25-,29+/m0/s1. The van der Waals surface area contributed by atoms with Crippen molar-refractivity contribution < 1.29 is 4.39 Å². The van der Waals surface area contributed by atoms with Crippen LogP contribution in [0.5, 0.6) is 0 Å². The summed E-state index contributed by atoms with van der Waals surface area (Å²) in [5.74, 6) is 0.665. The van der Waals surface area contributed by atoms with E-state index in [0.29, 0.717) is 52.2 Å². The maximum absolute atomic E-state index is 15.1. The Morgan fingerprint density at radius 3 is 2.72 bits per heavy atom. The van der Waals surface area contributed by atoms with Crippen molar-refractivity contribution in [3.8, 4) is 16.9 Å². The van der Waals surface area contributed by atoms with Crippen molar-refractivity contribution in [2.24, 2.45) is 11.7 Å². The first-order valence-electron chi connectivity index (χ1n) is 14.8. The van der Waals surface area contributed by atoms with Crippen LogP contribution < -0.4 is 22.1 Å². The molecule has 0 spiro atoms. The van der Waals surface area contributed by atoms with E-state index in [1.807, 2.05) is 24.3 Å². The Labute approximate surface area is 256 Å². The van der Waals surface area contributed by atoms with E-state index < -0.39 is 11.5 Å². The molecule has 2 aromatic heterocycles. The van der Waals surface area contributed by atoms with Crippen molar-refractivity contribution in [3.05, 3.63) is 93.8 Å². The van der Waals surface area contributed by atoms with Gasteiger partial charge in [0.15, 0.2) is 5.82 Å². The molecule has 0 bridgehead atoms. The minimum atomic E-state index is -0.524. The fourth-order valence-corrected chi connectivity index (χ4v) is 5.65. The lowest BCUT2D eigenvalue weighted by atomic mass is 10.0. The highest BCUT2D eigenvalue weighted by Crippen LogP contribution is 2.34. The quantitative estimate of drug-likeness (QED) is 0.0702. The largest absolute Gasteiger partial charge is 0.374 e. The Morgan fingerprint density at radius 2 is 2.02 bits per heavy atom. The van der Waals surface area contributed by atoms with Crippen LogP contribution in [-0.4, -0.2) is 39.0 Å². The van der Waals surface area contributed by atoms with Gasteiger partial charge in [-0.15, -0.1) is 6.58 Å². The molecule has 43 heavy (non-hydrogen) atoms. The third kappa shape index (κ3) is 7.79. The summed E-state index contributed by atoms with van der Waals surface area (Å²) in [6.45, 7) is 6.99. The number of aromatic amines is 1. The Morgan fingerprint density at radius 1 is 1.26 bits per heavy atom. The molecule has 5 rings (SSSR count). The molecule has 1 saturated carbocycles. The first-order valence-corrected chi connectivity index (χ1v) is 15.2. The van der Waals surface area contributed by atoms with Gasteiger partial charge in [0.2, 0.25) is 0 Å². The number of H-pyrrole nitrogens is 1. The number of hydrogen-bond donors (Lipinski definition) is 5. The van der Waals surface area contributed by atoms with Gasteiger partial charge in [0.1, 0.15) is 5.65 Å². The van der Waals surface area contributed by atoms with Crippen LogP contribution in [0, 0.1) is 17.1 Å². The molecule has 0 aliphatic heterocycles. The second kappa shape index (κ2) is 13.7. The Hall–Kier alpha value is -3.79. The van der Waals surface area contributed by atoms with E-state index in [1.165, 1.54) is 17.4 Å². The summed E-state index contributed by atoms with van der Waals surface area (Å²) in [4.78, 5) is 20.3. The van der Waals surface area contributed by atoms with Crippen LogP contribution in [0.1, 0.15) is 50.2 Å². The second-order valence-corrected chi connectivity index (χ2v) is 11.9. The van der Waals surface area contributed by atoms with Crippen LogP contribution in [0.2, 0.25) is 5.02 Å². The maximum atomic E-state index is 15.1. The van der Waals surface area contributed by atoms with Gasteiger partial charge in [-0.05, 0) is 92.8 Å². The highest BCUT2D eigenvalue weighted by atomic mass is 35.5. The number of aryl methyl sites for hydroxylation is 1. The van der Waals surface area contributed by atoms with Crippen LogP contribution in [0.25, 0.3) is 28.0 Å². The summed E-state index contributed by atoms with van der Waals surface area (Å²) in [5.41, 5.74) is 9.44. The van der Waals surface area contributed by atoms with Gasteiger partial charge in [0.25, 0.3) is 0 Å². The van der Waals surface area contributed by atoms with Crippen LogP contribution in [-0.2, 0) is 13.0 Å². The summed E-state index contributed by atoms with van der Waals surface area (Å²) in [7, 11) is 0. The lowest BCUT2D eigenvalue weighted by molar-refractivity contribution is 0.432. The van der Waals surface area contributed by atoms with Gasteiger partial charge < -0.3 is 21.4 Å². The second-order valence-electron chi connectivity index (χ2n) is 11.4. The first-order chi connectivity index (χ1) is 20.7. The molecule has 1 fully saturated rings. The number of hydrogen-bond acceptors (Lipinski definition) is 5. The van der Waals surface area contributed by atoms with Crippen molar-refractivity contribution in [2.75, 3.05) is 6.54 Å². The van der Waals surface area contributed by atoms with Gasteiger partial charge in [-0.25, -0.2) is 9.18 Å². The highest BCUT2D eigenvalue weighted by molar-refractivity contribution is 6.31. The van der Waals surface area contributed by atoms with Gasteiger partial charge in [-0.1, -0.05) is 29.8 Å². The SMILES string of the molecule is C=C[C@H](N)CCCc1cc(Cl)c(F)c(-c2cc3cn(-c4ccc(CN[C@H](CCNC(C)=N)C5CC5)cc4)c(=O)nc3[nH]2)c1. The van der Waals surface area contributed by atoms with Crippen molar-refractivity contribution in [1.82, 2.24) is 25.2 Å². The molecular formula is C33H39ClFN7O. The number of aromatic nitrogens is 3. The lowest BCUT2D eigenvalue weighted by Crippen LogP contribution is -2.34. The first kappa shape index (κ1) is 30.7. The molecule has 0 unspecified atom stereocenters. The molecule has 1 aliphatic carbocycles. The van der Waals surface area contributed by atoms with Gasteiger partial charge in [0, 0.05) is 42.3 Å². The minimum Gasteiger partial charge on any atom is -0.374 e. The monoisotopic (exact) mass is 603 g/mol. The van der Waals surface area contributed by atoms with E-state index >= 15 is 4.39 Å². The third-order valence-corrected chi connectivity index (χ3v) is 8.29. The van der Waals surface area contributed by atoms with Crippen LogP contribution in [0.15, 0.2) is 66.1 Å². The topological polar surface area (TPSA) is 125 Å². The van der Waals surface area contributed by atoms with Gasteiger partial charge >= 0.3 is 5.69 Å². The van der Waals surface area contributed by atoms with Gasteiger partial charge in [0.05, 0.1) is 22.2 Å². The number of nitrogens with one attached hydrogen (secondary N) is 4. The normalized spacial score (nSPS) is 14.5. The number of fused-ring (bicyclic) bond motifs is 1. The van der Waals surface area contributed by atoms with Crippen molar-refractivity contribution >= 4 is 28.5 Å². The summed E-state index contributed by atoms with van der Waals surface area (Å²) in [6, 6.07) is 13.4. The minimum absolute atomic E-state index is 0.0443. The predicted molar refractivity (Wildman–Crippen MR) is 173 cm³/mol. The van der Waals surface area contributed by atoms with Crippen LogP contribution in [0.4, 0.5) is 4.39 Å².